The summed E-state index contributed by atoms with van der Waals surface area (Å²) in [7, 11) is 0. The molecule has 1 aliphatic rings. The van der Waals surface area contributed by atoms with Crippen molar-refractivity contribution in [2.45, 2.75) is 31.2 Å². The monoisotopic (exact) mass is 229 g/mol. The highest BCUT2D eigenvalue weighted by atomic mass is 16.3. The number of fused-ring (bicyclic) bond motifs is 1. The normalized spacial score (nSPS) is 18.6. The van der Waals surface area contributed by atoms with Crippen molar-refractivity contribution in [1.82, 2.24) is 0 Å². The molecule has 0 unspecified atom stereocenters. The molecule has 1 heterocycles. The Kier molecular flexibility index (Phi) is 2.30. The number of rotatable bonds is 1. The molecular formula is C14H15NO2. The second-order valence-corrected chi connectivity index (χ2v) is 4.83. The molecule has 0 saturated heterocycles. The van der Waals surface area contributed by atoms with Crippen LogP contribution in [-0.4, -0.2) is 0 Å². The van der Waals surface area contributed by atoms with Crippen LogP contribution in [0.15, 0.2) is 39.5 Å². The highest BCUT2D eigenvalue weighted by Gasteiger charge is 2.34. The van der Waals surface area contributed by atoms with Crippen molar-refractivity contribution in [2.24, 2.45) is 5.73 Å². The Morgan fingerprint density at radius 2 is 1.88 bits per heavy atom. The second-order valence-electron chi connectivity index (χ2n) is 4.83. The third kappa shape index (κ3) is 1.67. The summed E-state index contributed by atoms with van der Waals surface area (Å²) in [5.74, 6) is 0.638. The van der Waals surface area contributed by atoms with E-state index in [9.17, 15) is 4.79 Å². The summed E-state index contributed by atoms with van der Waals surface area (Å²) < 4.78 is 5.80. The summed E-state index contributed by atoms with van der Waals surface area (Å²) in [6, 6.07) is 8.87. The van der Waals surface area contributed by atoms with Crippen LogP contribution in [0.1, 0.15) is 31.4 Å². The standard InChI is InChI=1S/C14H15NO2/c15-14(7-3-4-8-14)13-9-11(16)10-5-1-2-6-12(10)17-13/h1-2,5-6,9H,3-4,7-8,15H2. The van der Waals surface area contributed by atoms with Gasteiger partial charge in [-0.1, -0.05) is 25.0 Å². The van der Waals surface area contributed by atoms with Crippen LogP contribution in [0.2, 0.25) is 0 Å². The molecule has 1 fully saturated rings. The van der Waals surface area contributed by atoms with E-state index < -0.39 is 5.54 Å². The fourth-order valence-corrected chi connectivity index (χ4v) is 2.60. The van der Waals surface area contributed by atoms with Gasteiger partial charge in [-0.3, -0.25) is 4.79 Å². The van der Waals surface area contributed by atoms with Gasteiger partial charge in [-0.25, -0.2) is 0 Å². The fourth-order valence-electron chi connectivity index (χ4n) is 2.60. The summed E-state index contributed by atoms with van der Waals surface area (Å²) >= 11 is 0. The molecule has 88 valence electrons. The Bertz CT molecular complexity index is 609. The van der Waals surface area contributed by atoms with Gasteiger partial charge in [0.05, 0.1) is 10.9 Å². The van der Waals surface area contributed by atoms with Crippen molar-refractivity contribution in [2.75, 3.05) is 0 Å². The van der Waals surface area contributed by atoms with E-state index in [0.29, 0.717) is 16.7 Å². The van der Waals surface area contributed by atoms with Crippen molar-refractivity contribution in [3.63, 3.8) is 0 Å². The van der Waals surface area contributed by atoms with Gasteiger partial charge in [0.15, 0.2) is 5.43 Å². The molecule has 3 heteroatoms. The average Bonchev–Trinajstić information content (AvgIpc) is 2.78. The van der Waals surface area contributed by atoms with E-state index in [1.807, 2.05) is 18.2 Å². The predicted octanol–water partition coefficient (Wildman–Crippen LogP) is 2.52. The van der Waals surface area contributed by atoms with Crippen molar-refractivity contribution >= 4 is 11.0 Å². The highest BCUT2D eigenvalue weighted by molar-refractivity contribution is 5.76. The van der Waals surface area contributed by atoms with Gasteiger partial charge in [0.2, 0.25) is 0 Å². The molecule has 0 radical (unpaired) electrons. The Balaban J connectivity index is 2.22. The number of benzene rings is 1. The molecular weight excluding hydrogens is 214 g/mol. The minimum absolute atomic E-state index is 0.00132. The first-order chi connectivity index (χ1) is 8.19. The van der Waals surface area contributed by atoms with Gasteiger partial charge < -0.3 is 10.2 Å². The van der Waals surface area contributed by atoms with E-state index >= 15 is 0 Å². The average molecular weight is 229 g/mol. The Morgan fingerprint density at radius 1 is 1.18 bits per heavy atom. The first kappa shape index (κ1) is 10.5. The summed E-state index contributed by atoms with van der Waals surface area (Å²) in [5.41, 5.74) is 6.50. The lowest BCUT2D eigenvalue weighted by molar-refractivity contribution is 0.356. The van der Waals surface area contributed by atoms with E-state index in [0.717, 1.165) is 25.7 Å². The highest BCUT2D eigenvalue weighted by Crippen LogP contribution is 2.36. The Morgan fingerprint density at radius 3 is 2.65 bits per heavy atom. The largest absolute Gasteiger partial charge is 0.459 e. The van der Waals surface area contributed by atoms with Gasteiger partial charge >= 0.3 is 0 Å². The van der Waals surface area contributed by atoms with Gasteiger partial charge in [0.1, 0.15) is 11.3 Å². The van der Waals surface area contributed by atoms with Crippen molar-refractivity contribution in [3.05, 3.63) is 46.3 Å². The first-order valence-electron chi connectivity index (χ1n) is 6.01. The number of hydrogen-bond acceptors (Lipinski definition) is 3. The number of para-hydroxylation sites is 1. The molecule has 0 bridgehead atoms. The van der Waals surface area contributed by atoms with E-state index in [2.05, 4.69) is 0 Å². The van der Waals surface area contributed by atoms with Crippen molar-refractivity contribution < 1.29 is 4.42 Å². The lowest BCUT2D eigenvalue weighted by Gasteiger charge is -2.22. The molecule has 17 heavy (non-hydrogen) atoms. The Hall–Kier alpha value is -1.61. The van der Waals surface area contributed by atoms with Gasteiger partial charge in [0.25, 0.3) is 0 Å². The maximum absolute atomic E-state index is 12.0. The van der Waals surface area contributed by atoms with Gasteiger partial charge in [-0.2, -0.15) is 0 Å². The minimum Gasteiger partial charge on any atom is -0.459 e. The SMILES string of the molecule is NC1(c2cc(=O)c3ccccc3o2)CCCC1. The van der Waals surface area contributed by atoms with Crippen LogP contribution in [0, 0.1) is 0 Å². The van der Waals surface area contributed by atoms with Crippen molar-refractivity contribution in [1.29, 1.82) is 0 Å². The lowest BCUT2D eigenvalue weighted by atomic mass is 9.95. The summed E-state index contributed by atoms with van der Waals surface area (Å²) in [6.45, 7) is 0. The van der Waals surface area contributed by atoms with Crippen molar-refractivity contribution in [3.8, 4) is 0 Å². The molecule has 0 aliphatic heterocycles. The first-order valence-corrected chi connectivity index (χ1v) is 6.01. The smallest absolute Gasteiger partial charge is 0.193 e. The molecule has 3 rings (SSSR count). The molecule has 0 amide bonds. The van der Waals surface area contributed by atoms with E-state index in [1.165, 1.54) is 0 Å². The molecule has 3 nitrogen and oxygen atoms in total. The summed E-state index contributed by atoms with van der Waals surface area (Å²) in [6.07, 6.45) is 4.00. The minimum atomic E-state index is -0.441. The van der Waals surface area contributed by atoms with Gasteiger partial charge in [0, 0.05) is 6.07 Å². The van der Waals surface area contributed by atoms with Crippen LogP contribution in [0.25, 0.3) is 11.0 Å². The molecule has 1 saturated carbocycles. The number of hydrogen-bond donors (Lipinski definition) is 1. The van der Waals surface area contributed by atoms with Crippen LogP contribution in [0.3, 0.4) is 0 Å². The zero-order valence-corrected chi connectivity index (χ0v) is 9.61. The van der Waals surface area contributed by atoms with Crippen LogP contribution in [0.4, 0.5) is 0 Å². The van der Waals surface area contributed by atoms with E-state index in [1.54, 1.807) is 12.1 Å². The molecule has 2 N–H and O–H groups in total. The lowest BCUT2D eigenvalue weighted by Crippen LogP contribution is -2.33. The second kappa shape index (κ2) is 3.70. The third-order valence-corrected chi connectivity index (χ3v) is 3.62. The van der Waals surface area contributed by atoms with Gasteiger partial charge in [-0.15, -0.1) is 0 Å². The topological polar surface area (TPSA) is 56.2 Å². The zero-order valence-electron chi connectivity index (χ0n) is 9.61. The van der Waals surface area contributed by atoms with Crippen LogP contribution in [0.5, 0.6) is 0 Å². The van der Waals surface area contributed by atoms with E-state index in [-0.39, 0.29) is 5.43 Å². The van der Waals surface area contributed by atoms with Crippen LogP contribution < -0.4 is 11.2 Å². The molecule has 0 spiro atoms. The Labute approximate surface area is 99.2 Å². The molecule has 1 aliphatic carbocycles. The molecule has 2 aromatic rings. The summed E-state index contributed by atoms with van der Waals surface area (Å²) in [5, 5.41) is 0.623. The fraction of sp³-hybridized carbons (Fsp3) is 0.357. The molecule has 1 aromatic carbocycles. The van der Waals surface area contributed by atoms with E-state index in [4.69, 9.17) is 10.2 Å². The zero-order chi connectivity index (χ0) is 11.9. The molecule has 1 aromatic heterocycles. The third-order valence-electron chi connectivity index (χ3n) is 3.62. The maximum Gasteiger partial charge on any atom is 0.193 e. The van der Waals surface area contributed by atoms with Gasteiger partial charge in [-0.05, 0) is 25.0 Å². The number of nitrogens with two attached hydrogens (primary N) is 1. The predicted molar refractivity (Wildman–Crippen MR) is 66.8 cm³/mol. The maximum atomic E-state index is 12.0. The summed E-state index contributed by atoms with van der Waals surface area (Å²) in [4.78, 5) is 12.0. The quantitative estimate of drug-likeness (QED) is 0.817. The van der Waals surface area contributed by atoms with Crippen LogP contribution >= 0.6 is 0 Å². The molecule has 0 atom stereocenters. The van der Waals surface area contributed by atoms with Crippen LogP contribution in [-0.2, 0) is 5.54 Å².